The van der Waals surface area contributed by atoms with Gasteiger partial charge in [-0.3, -0.25) is 0 Å². The van der Waals surface area contributed by atoms with E-state index in [0.717, 1.165) is 36.8 Å². The van der Waals surface area contributed by atoms with E-state index in [4.69, 9.17) is 0 Å². The predicted octanol–water partition coefficient (Wildman–Crippen LogP) is 7.62. The van der Waals surface area contributed by atoms with Gasteiger partial charge >= 0.3 is 0 Å². The summed E-state index contributed by atoms with van der Waals surface area (Å²) in [4.78, 5) is 0. The van der Waals surface area contributed by atoms with Gasteiger partial charge in [-0.1, -0.05) is 127 Å². The lowest BCUT2D eigenvalue weighted by atomic mass is 9.85. The van der Waals surface area contributed by atoms with Gasteiger partial charge in [0.05, 0.1) is 13.2 Å². The molecule has 0 amide bonds. The van der Waals surface area contributed by atoms with Gasteiger partial charge in [-0.2, -0.15) is 0 Å². The van der Waals surface area contributed by atoms with Crippen molar-refractivity contribution < 1.29 is 10.2 Å². The first-order valence-corrected chi connectivity index (χ1v) is 13.8. The van der Waals surface area contributed by atoms with Crippen molar-refractivity contribution in [3.8, 4) is 0 Å². The average molecular weight is 513 g/mol. The van der Waals surface area contributed by atoms with Crippen LogP contribution in [0.5, 0.6) is 0 Å². The minimum Gasteiger partial charge on any atom is -0.392 e. The molecule has 0 fully saturated rings. The first-order valence-electron chi connectivity index (χ1n) is 13.8. The lowest BCUT2D eigenvalue weighted by molar-refractivity contribution is 0.280. The smallest absolute Gasteiger partial charge is 0.0684 e. The first kappa shape index (κ1) is 26.6. The molecule has 4 aromatic carbocycles. The highest BCUT2D eigenvalue weighted by atomic mass is 16.3. The van der Waals surface area contributed by atoms with Crippen molar-refractivity contribution in [2.24, 2.45) is 0 Å². The lowest BCUT2D eigenvalue weighted by Crippen LogP contribution is -2.05. The second-order valence-electron chi connectivity index (χ2n) is 10.2. The molecule has 2 N–H and O–H groups in total. The minimum atomic E-state index is 0.0571. The molecule has 0 bridgehead atoms. The average Bonchev–Trinajstić information content (AvgIpc) is 2.96. The van der Waals surface area contributed by atoms with Crippen molar-refractivity contribution in [2.45, 2.75) is 44.8 Å². The van der Waals surface area contributed by atoms with E-state index < -0.39 is 0 Å². The highest BCUT2D eigenvalue weighted by Crippen LogP contribution is 2.31. The summed E-state index contributed by atoms with van der Waals surface area (Å²) in [6.45, 7) is 0.115. The zero-order chi connectivity index (χ0) is 26.9. The Bertz CT molecular complexity index is 1490. The van der Waals surface area contributed by atoms with Crippen molar-refractivity contribution in [3.05, 3.63) is 178 Å². The van der Waals surface area contributed by atoms with Crippen molar-refractivity contribution in [1.29, 1.82) is 0 Å². The van der Waals surface area contributed by atoms with E-state index >= 15 is 0 Å². The molecule has 2 heteroatoms. The number of aliphatic hydroxyl groups excluding tert-OH is 2. The maximum atomic E-state index is 9.86. The van der Waals surface area contributed by atoms with Crippen molar-refractivity contribution >= 4 is 0 Å². The molecule has 0 aromatic heterocycles. The van der Waals surface area contributed by atoms with E-state index in [0.29, 0.717) is 0 Å². The Kier molecular flexibility index (Phi) is 9.01. The molecular formula is C37H36O2. The second-order valence-corrected chi connectivity index (χ2v) is 10.2. The van der Waals surface area contributed by atoms with Gasteiger partial charge in [-0.05, 0) is 75.8 Å². The van der Waals surface area contributed by atoms with Gasteiger partial charge < -0.3 is 10.2 Å². The van der Waals surface area contributed by atoms with Gasteiger partial charge in [-0.15, -0.1) is 0 Å². The molecule has 4 aromatic rings. The molecule has 0 radical (unpaired) electrons. The maximum Gasteiger partial charge on any atom is 0.0684 e. The van der Waals surface area contributed by atoms with Gasteiger partial charge in [0.1, 0.15) is 0 Å². The van der Waals surface area contributed by atoms with E-state index in [1.807, 2.05) is 30.3 Å². The molecule has 1 aliphatic rings. The van der Waals surface area contributed by atoms with Gasteiger partial charge in [-0.25, -0.2) is 0 Å². The zero-order valence-corrected chi connectivity index (χ0v) is 22.3. The van der Waals surface area contributed by atoms with Crippen molar-refractivity contribution in [1.82, 2.24) is 0 Å². The van der Waals surface area contributed by atoms with E-state index in [9.17, 15) is 10.2 Å². The summed E-state index contributed by atoms with van der Waals surface area (Å²) in [5.41, 5.74) is 10.9. The monoisotopic (exact) mass is 512 g/mol. The van der Waals surface area contributed by atoms with Crippen molar-refractivity contribution in [3.63, 3.8) is 0 Å². The molecule has 2 nitrogen and oxygen atoms in total. The molecule has 0 aliphatic heterocycles. The molecule has 1 unspecified atom stereocenters. The Balaban J connectivity index is 1.45. The Labute approximate surface area is 232 Å². The zero-order valence-electron chi connectivity index (χ0n) is 22.3. The van der Waals surface area contributed by atoms with Crippen LogP contribution >= 0.6 is 0 Å². The Morgan fingerprint density at radius 3 is 1.56 bits per heavy atom. The van der Waals surface area contributed by atoms with Crippen LogP contribution in [0.4, 0.5) is 0 Å². The van der Waals surface area contributed by atoms with Crippen LogP contribution < -0.4 is 0 Å². The maximum absolute atomic E-state index is 9.86. The Hall–Kier alpha value is -3.98. The molecule has 1 aliphatic carbocycles. The van der Waals surface area contributed by atoms with Crippen LogP contribution in [0.1, 0.15) is 56.8 Å². The lowest BCUT2D eigenvalue weighted by Gasteiger charge is -2.20. The molecule has 1 atom stereocenters. The van der Waals surface area contributed by atoms with Gasteiger partial charge in [0.15, 0.2) is 0 Å². The second kappa shape index (κ2) is 13.2. The standard InChI is InChI=1S/C37H36O2/c38-26-35-19-8-6-15-31(35)24-30-14-5-4-13-29(30)22-28-12-2-1-3-17-33(23-28)37-21-11-10-18-34(37)25-32-16-7-9-20-36(32)27-39/h1-16,18-21,23,33,38-39H,17,22,24-27H2/b3-1-,12-2-,28-23+. The van der Waals surface area contributed by atoms with Gasteiger partial charge in [0.2, 0.25) is 0 Å². The summed E-state index contributed by atoms with van der Waals surface area (Å²) in [5.74, 6) is 0.265. The molecule has 39 heavy (non-hydrogen) atoms. The highest BCUT2D eigenvalue weighted by Gasteiger charge is 2.16. The fraction of sp³-hybridized carbons (Fsp3) is 0.189. The van der Waals surface area contributed by atoms with Crippen LogP contribution in [0.2, 0.25) is 0 Å². The summed E-state index contributed by atoms with van der Waals surface area (Å²) in [6, 6.07) is 33.7. The van der Waals surface area contributed by atoms with E-state index in [1.165, 1.54) is 39.0 Å². The van der Waals surface area contributed by atoms with Crippen LogP contribution in [0, 0.1) is 0 Å². The molecular weight excluding hydrogens is 476 g/mol. The minimum absolute atomic E-state index is 0.0571. The third-order valence-electron chi connectivity index (χ3n) is 7.67. The fourth-order valence-electron chi connectivity index (χ4n) is 5.56. The number of aliphatic hydroxyl groups is 2. The third-order valence-corrected chi connectivity index (χ3v) is 7.67. The quantitative estimate of drug-likeness (QED) is 0.242. The summed E-state index contributed by atoms with van der Waals surface area (Å²) in [7, 11) is 0. The third kappa shape index (κ3) is 6.72. The van der Waals surface area contributed by atoms with E-state index in [-0.39, 0.29) is 19.1 Å². The molecule has 196 valence electrons. The van der Waals surface area contributed by atoms with Crippen molar-refractivity contribution in [2.75, 3.05) is 0 Å². The van der Waals surface area contributed by atoms with Crippen LogP contribution in [0.3, 0.4) is 0 Å². The topological polar surface area (TPSA) is 40.5 Å². The molecule has 0 spiro atoms. The number of hydrogen-bond donors (Lipinski definition) is 2. The summed E-state index contributed by atoms with van der Waals surface area (Å²) < 4.78 is 0. The predicted molar refractivity (Wildman–Crippen MR) is 161 cm³/mol. The van der Waals surface area contributed by atoms with Gasteiger partial charge in [0, 0.05) is 5.92 Å². The highest BCUT2D eigenvalue weighted by molar-refractivity contribution is 5.44. The van der Waals surface area contributed by atoms with E-state index in [1.54, 1.807) is 0 Å². The number of rotatable bonds is 9. The first-order chi connectivity index (χ1) is 19.2. The largest absolute Gasteiger partial charge is 0.392 e. The number of benzene rings is 4. The van der Waals surface area contributed by atoms with Gasteiger partial charge in [0.25, 0.3) is 0 Å². The fourth-order valence-corrected chi connectivity index (χ4v) is 5.56. The van der Waals surface area contributed by atoms with Crippen LogP contribution in [-0.2, 0) is 32.5 Å². The molecule has 0 saturated heterocycles. The molecule has 0 heterocycles. The Morgan fingerprint density at radius 2 is 0.974 bits per heavy atom. The molecule has 5 rings (SSSR count). The summed E-state index contributed by atoms with van der Waals surface area (Å²) in [5, 5.41) is 19.7. The SMILES string of the molecule is OCc1ccccc1Cc1ccccc1CC1=C/C(c2ccccc2Cc2ccccc2CO)C\C=C/C=C\1. The number of hydrogen-bond acceptors (Lipinski definition) is 2. The Morgan fingerprint density at radius 1 is 0.513 bits per heavy atom. The van der Waals surface area contributed by atoms with Crippen LogP contribution in [0.15, 0.2) is 133 Å². The summed E-state index contributed by atoms with van der Waals surface area (Å²) >= 11 is 0. The normalized spacial score (nSPS) is 18.0. The van der Waals surface area contributed by atoms with Crippen LogP contribution in [0.25, 0.3) is 0 Å². The molecule has 0 saturated carbocycles. The van der Waals surface area contributed by atoms with E-state index in [2.05, 4.69) is 97.1 Å². The van der Waals surface area contributed by atoms with Crippen LogP contribution in [-0.4, -0.2) is 10.2 Å². The summed E-state index contributed by atoms with van der Waals surface area (Å²) in [6.07, 6.45) is 14.7. The number of allylic oxidation sites excluding steroid dienone is 6.